The summed E-state index contributed by atoms with van der Waals surface area (Å²) in [5, 5.41) is 12.9. The number of fused-ring (bicyclic) bond motifs is 2. The number of ketones is 2. The molecule has 4 aromatic rings. The predicted octanol–water partition coefficient (Wildman–Crippen LogP) is 2.12. The van der Waals surface area contributed by atoms with Crippen molar-refractivity contribution in [3.63, 3.8) is 0 Å². The van der Waals surface area contributed by atoms with Crippen LogP contribution in [0.25, 0.3) is 12.2 Å². The predicted molar refractivity (Wildman–Crippen MR) is 188 cm³/mol. The Morgan fingerprint density at radius 3 is 1.27 bits per heavy atom. The molecule has 6 rings (SSSR count). The van der Waals surface area contributed by atoms with Gasteiger partial charge in [-0.2, -0.15) is 27.0 Å². The van der Waals surface area contributed by atoms with Crippen molar-refractivity contribution in [2.75, 3.05) is 21.5 Å². The van der Waals surface area contributed by atoms with Crippen LogP contribution in [-0.2, 0) is 20.2 Å². The normalized spacial score (nSPS) is 15.5. The Morgan fingerprint density at radius 1 is 0.549 bits per heavy atom. The average Bonchev–Trinajstić information content (AvgIpc) is 3.07. The van der Waals surface area contributed by atoms with Crippen LogP contribution >= 0.6 is 0 Å². The van der Waals surface area contributed by atoms with Gasteiger partial charge in [0.2, 0.25) is 11.6 Å². The van der Waals surface area contributed by atoms with Gasteiger partial charge in [-0.1, -0.05) is 36.4 Å². The van der Waals surface area contributed by atoms with Gasteiger partial charge in [-0.3, -0.25) is 29.5 Å². The summed E-state index contributed by atoms with van der Waals surface area (Å²) >= 11 is 0. The van der Waals surface area contributed by atoms with Gasteiger partial charge in [0.1, 0.15) is 9.81 Å². The molecule has 0 heterocycles. The van der Waals surface area contributed by atoms with E-state index in [1.807, 2.05) is 0 Å². The summed E-state index contributed by atoms with van der Waals surface area (Å²) in [7, 11) is -9.80. The van der Waals surface area contributed by atoms with E-state index in [4.69, 9.17) is 0 Å². The maximum Gasteiger partial charge on any atom is 1.00 e. The summed E-state index contributed by atoms with van der Waals surface area (Å²) in [4.78, 5) is 37.9. The third-order valence-corrected chi connectivity index (χ3v) is 9.01. The van der Waals surface area contributed by atoms with Gasteiger partial charge in [-0.15, -0.1) is 0 Å². The zero-order valence-electron chi connectivity index (χ0n) is 26.4. The molecule has 4 aromatic carbocycles. The van der Waals surface area contributed by atoms with Crippen molar-refractivity contribution < 1.29 is 69.9 Å². The second kappa shape index (κ2) is 14.9. The number of hydrogen-bond acceptors (Lipinski definition) is 11. The molecule has 0 aromatic heterocycles. The van der Waals surface area contributed by atoms with Crippen LogP contribution in [0.4, 0.5) is 27.5 Å². The minimum atomic E-state index is -4.90. The van der Waals surface area contributed by atoms with Crippen molar-refractivity contribution >= 4 is 84.2 Å². The first-order valence-corrected chi connectivity index (χ1v) is 17.3. The van der Waals surface area contributed by atoms with Crippen molar-refractivity contribution in [2.24, 2.45) is 10.2 Å². The summed E-state index contributed by atoms with van der Waals surface area (Å²) < 4.78 is 68.5. The summed E-state index contributed by atoms with van der Waals surface area (Å²) in [6.07, 6.45) is 2.10. The smallest absolute Gasteiger partial charge is 0.308 e. The maximum absolute atomic E-state index is 13.2. The summed E-state index contributed by atoms with van der Waals surface area (Å²) in [6.45, 7) is 0. The van der Waals surface area contributed by atoms with Gasteiger partial charge in [0.25, 0.3) is 20.2 Å². The van der Waals surface area contributed by atoms with E-state index < -0.39 is 59.1 Å². The first kappa shape index (κ1) is 37.0. The monoisotopic (exact) mass is 735 g/mol. The molecule has 252 valence electrons. The van der Waals surface area contributed by atoms with Crippen LogP contribution in [0.3, 0.4) is 0 Å². The zero-order chi connectivity index (χ0) is 35.6. The van der Waals surface area contributed by atoms with Crippen LogP contribution < -0.4 is 51.0 Å². The molecule has 0 fully saturated rings. The molecule has 6 N–H and O–H groups in total. The molecule has 51 heavy (non-hydrogen) atoms. The molecule has 0 unspecified atom stereocenters. The Hall–Kier alpha value is -5.27. The second-order valence-electron chi connectivity index (χ2n) is 10.7. The van der Waals surface area contributed by atoms with Crippen LogP contribution in [0, 0.1) is 0 Å². The number of benzene rings is 4. The number of urea groups is 1. The fourth-order valence-corrected chi connectivity index (χ4v) is 6.31. The Bertz CT molecular complexity index is 2260. The number of hydrazone groups is 2. The van der Waals surface area contributed by atoms with Gasteiger partial charge < -0.3 is 10.6 Å². The van der Waals surface area contributed by atoms with E-state index in [1.165, 1.54) is 36.4 Å². The van der Waals surface area contributed by atoms with Gasteiger partial charge in [0.05, 0.1) is 11.4 Å². The Kier molecular flexibility index (Phi) is 10.8. The van der Waals surface area contributed by atoms with Gasteiger partial charge in [-0.25, -0.2) is 4.79 Å². The number of nitrogens with zero attached hydrogens (tertiary/aromatic N) is 2. The van der Waals surface area contributed by atoms with Gasteiger partial charge in [0.15, 0.2) is 11.4 Å². The van der Waals surface area contributed by atoms with E-state index in [-0.39, 0.29) is 63.2 Å². The quantitative estimate of drug-likeness (QED) is 0.0872. The third kappa shape index (κ3) is 8.38. The van der Waals surface area contributed by atoms with Gasteiger partial charge >= 0.3 is 35.6 Å². The van der Waals surface area contributed by atoms with E-state index in [0.29, 0.717) is 11.4 Å². The van der Waals surface area contributed by atoms with E-state index in [2.05, 4.69) is 31.7 Å². The number of carbonyl (C=O) groups is 3. The van der Waals surface area contributed by atoms with E-state index in [0.717, 1.165) is 12.2 Å². The SMILES string of the molecule is O=C(Nc1ccc2c(c1)C=C(S(=O)(=O)O)/C(=N\Nc1ccccc1)C2=O)Nc1ccc2c(c1)C=C(S(=O)(=O)O)/C(=N\Nc1ccccc1)C2=O.[Na+]. The first-order valence-electron chi connectivity index (χ1n) is 14.4. The van der Waals surface area contributed by atoms with Crippen LogP contribution in [0.5, 0.6) is 0 Å². The molecular formula is C33H24N6NaO9S2+. The number of rotatable bonds is 8. The number of nitrogens with one attached hydrogen (secondary N) is 4. The molecule has 2 aliphatic rings. The molecule has 0 saturated carbocycles. The minimum Gasteiger partial charge on any atom is -0.308 e. The average molecular weight is 736 g/mol. The van der Waals surface area contributed by atoms with E-state index in [9.17, 15) is 40.3 Å². The summed E-state index contributed by atoms with van der Waals surface area (Å²) in [5.74, 6) is -1.58. The number of amides is 2. The molecule has 18 heteroatoms. The number of Topliss-reactive ketones (excluding diaryl/α,β-unsaturated/α-hetero) is 2. The summed E-state index contributed by atoms with van der Waals surface area (Å²) in [6, 6.07) is 24.2. The number of hydrogen-bond donors (Lipinski definition) is 6. The standard InChI is InChI=1S/C33H24N6O9S2.Na/c40-31-25-13-11-23(15-19(25)17-27(49(43,44)45)29(31)38-36-21-7-3-1-4-8-21)34-33(42)35-24-12-14-26-20(16-24)18-28(50(46,47)48)30(32(26)41)39-37-22-9-5-2-6-10-22;/h1-18,36-37H,(H2,34,35,42)(H,43,44,45)(H,46,47,48);/q;+1/b38-29+,39-30+;. The van der Waals surface area contributed by atoms with Crippen molar-refractivity contribution in [1.82, 2.24) is 0 Å². The molecule has 0 aliphatic heterocycles. The molecule has 0 bridgehead atoms. The van der Waals surface area contributed by atoms with Crippen LogP contribution in [0.1, 0.15) is 31.8 Å². The van der Waals surface area contributed by atoms with Crippen LogP contribution in [0.2, 0.25) is 0 Å². The topological polar surface area (TPSA) is 233 Å². The minimum absolute atomic E-state index is 0. The van der Waals surface area contributed by atoms with Crippen LogP contribution in [0.15, 0.2) is 117 Å². The molecule has 2 amide bonds. The molecule has 2 aliphatic carbocycles. The Labute approximate surface area is 313 Å². The molecule has 0 atom stereocenters. The molecule has 0 radical (unpaired) electrons. The summed E-state index contributed by atoms with van der Waals surface area (Å²) in [5.41, 5.74) is 5.59. The maximum atomic E-state index is 13.2. The van der Waals surface area contributed by atoms with Gasteiger partial charge in [0, 0.05) is 22.5 Å². The number of allylic oxidation sites excluding steroid dienone is 2. The van der Waals surface area contributed by atoms with Gasteiger partial charge in [-0.05, 0) is 83.9 Å². The van der Waals surface area contributed by atoms with Crippen molar-refractivity contribution in [3.8, 4) is 0 Å². The van der Waals surface area contributed by atoms with E-state index >= 15 is 0 Å². The fraction of sp³-hybridized carbons (Fsp3) is 0. The Morgan fingerprint density at radius 2 is 0.922 bits per heavy atom. The molecule has 0 spiro atoms. The molecular weight excluding hydrogens is 712 g/mol. The van der Waals surface area contributed by atoms with Crippen LogP contribution in [-0.4, -0.2) is 55.0 Å². The zero-order valence-corrected chi connectivity index (χ0v) is 30.0. The second-order valence-corrected chi connectivity index (χ2v) is 13.5. The van der Waals surface area contributed by atoms with Crippen molar-refractivity contribution in [1.29, 1.82) is 0 Å². The van der Waals surface area contributed by atoms with Crippen molar-refractivity contribution in [2.45, 2.75) is 0 Å². The number of para-hydroxylation sites is 2. The van der Waals surface area contributed by atoms with Crippen molar-refractivity contribution in [3.05, 3.63) is 129 Å². The van der Waals surface area contributed by atoms with E-state index in [1.54, 1.807) is 60.7 Å². The molecule has 0 saturated heterocycles. The molecule has 15 nitrogen and oxygen atoms in total. The largest absolute Gasteiger partial charge is 1.00 e. The number of anilines is 4. The first-order chi connectivity index (χ1) is 23.8. The third-order valence-electron chi connectivity index (χ3n) is 7.28. The fourth-order valence-electron chi connectivity index (χ4n) is 5.00. The Balaban J connectivity index is 0.00000504. The number of carbonyl (C=O) groups excluding carboxylic acids is 3.